The van der Waals surface area contributed by atoms with Gasteiger partial charge in [0.1, 0.15) is 11.5 Å². The first-order valence-electron chi connectivity index (χ1n) is 10.4. The van der Waals surface area contributed by atoms with Gasteiger partial charge in [-0.25, -0.2) is 0 Å². The number of carbonyl (C=O) groups is 1. The van der Waals surface area contributed by atoms with Gasteiger partial charge in [-0.1, -0.05) is 12.1 Å². The summed E-state index contributed by atoms with van der Waals surface area (Å²) in [6.07, 6.45) is 0.753. The molecule has 1 amide bonds. The molecule has 0 saturated carbocycles. The lowest BCUT2D eigenvalue weighted by Gasteiger charge is -2.23. The first-order valence-corrected chi connectivity index (χ1v) is 10.4. The summed E-state index contributed by atoms with van der Waals surface area (Å²) in [5, 5.41) is 3.34. The quantitative estimate of drug-likeness (QED) is 0.493. The van der Waals surface area contributed by atoms with E-state index in [2.05, 4.69) is 10.2 Å². The van der Waals surface area contributed by atoms with Gasteiger partial charge < -0.3 is 24.6 Å². The van der Waals surface area contributed by atoms with Crippen molar-refractivity contribution in [3.63, 3.8) is 0 Å². The Morgan fingerprint density at radius 2 is 1.84 bits per heavy atom. The third-order valence-corrected chi connectivity index (χ3v) is 4.84. The number of amides is 1. The van der Waals surface area contributed by atoms with E-state index in [1.165, 1.54) is 0 Å². The summed E-state index contributed by atoms with van der Waals surface area (Å²) in [5.74, 6) is 2.37. The zero-order valence-electron chi connectivity index (χ0n) is 19.4. The molecule has 0 heterocycles. The van der Waals surface area contributed by atoms with Gasteiger partial charge in [-0.2, -0.15) is 0 Å². The van der Waals surface area contributed by atoms with Crippen molar-refractivity contribution in [1.29, 1.82) is 0 Å². The van der Waals surface area contributed by atoms with E-state index in [0.717, 1.165) is 41.6 Å². The van der Waals surface area contributed by atoms with E-state index in [9.17, 15) is 4.79 Å². The molecule has 2 aromatic rings. The van der Waals surface area contributed by atoms with E-state index >= 15 is 0 Å². The molecule has 2 aromatic carbocycles. The predicted octanol–water partition coefficient (Wildman–Crippen LogP) is 3.05. The fourth-order valence-electron chi connectivity index (χ4n) is 3.19. The molecule has 0 aliphatic carbocycles. The predicted molar refractivity (Wildman–Crippen MR) is 125 cm³/mol. The fraction of sp³-hybridized carbons (Fsp3) is 0.417. The normalized spacial score (nSPS) is 11.1. The van der Waals surface area contributed by atoms with Gasteiger partial charge in [-0.3, -0.25) is 9.79 Å². The van der Waals surface area contributed by atoms with Gasteiger partial charge in [-0.05, 0) is 43.2 Å². The van der Waals surface area contributed by atoms with E-state index in [-0.39, 0.29) is 5.91 Å². The van der Waals surface area contributed by atoms with E-state index in [1.54, 1.807) is 33.2 Å². The van der Waals surface area contributed by atoms with Crippen molar-refractivity contribution in [3.05, 3.63) is 59.2 Å². The highest BCUT2D eigenvalue weighted by atomic mass is 16.5. The maximum absolute atomic E-state index is 12.2. The first kappa shape index (κ1) is 24.1. The standard InChI is InChI=1S/C24H34N4O3/c1-7-25-24(28(4)17-20-11-12-21(30-5)16-22(20)31-6)26-14-13-18-9-8-10-19(15-18)23(29)27(2)3/h8-12,15-16H,7,13-14,17H2,1-6H3,(H,25,26). The van der Waals surface area contributed by atoms with Crippen molar-refractivity contribution in [2.75, 3.05) is 48.5 Å². The summed E-state index contributed by atoms with van der Waals surface area (Å²) in [6.45, 7) is 4.08. The summed E-state index contributed by atoms with van der Waals surface area (Å²) in [4.78, 5) is 20.6. The highest BCUT2D eigenvalue weighted by Crippen LogP contribution is 2.25. The van der Waals surface area contributed by atoms with E-state index < -0.39 is 0 Å². The van der Waals surface area contributed by atoms with Crippen LogP contribution in [0.2, 0.25) is 0 Å². The van der Waals surface area contributed by atoms with Crippen LogP contribution in [0, 0.1) is 0 Å². The van der Waals surface area contributed by atoms with Crippen LogP contribution >= 0.6 is 0 Å². The maximum Gasteiger partial charge on any atom is 0.253 e. The first-order chi connectivity index (χ1) is 14.9. The van der Waals surface area contributed by atoms with Crippen molar-refractivity contribution in [1.82, 2.24) is 15.1 Å². The van der Waals surface area contributed by atoms with Crippen molar-refractivity contribution in [2.24, 2.45) is 4.99 Å². The molecule has 0 saturated heterocycles. The SMILES string of the molecule is CCNC(=NCCc1cccc(C(=O)N(C)C)c1)N(C)Cc1ccc(OC)cc1OC. The molecule has 0 fully saturated rings. The average molecular weight is 427 g/mol. The van der Waals surface area contributed by atoms with Crippen LogP contribution < -0.4 is 14.8 Å². The van der Waals surface area contributed by atoms with Crippen LogP contribution in [-0.2, 0) is 13.0 Å². The molecule has 0 aliphatic heterocycles. The fourth-order valence-corrected chi connectivity index (χ4v) is 3.19. The summed E-state index contributed by atoms with van der Waals surface area (Å²) in [6, 6.07) is 13.5. The number of guanidine groups is 1. The Morgan fingerprint density at radius 1 is 1.06 bits per heavy atom. The minimum absolute atomic E-state index is 0.00635. The molecule has 7 heteroatoms. The number of carbonyl (C=O) groups excluding carboxylic acids is 1. The number of hydrogen-bond donors (Lipinski definition) is 1. The number of benzene rings is 2. The minimum atomic E-state index is 0.00635. The van der Waals surface area contributed by atoms with Crippen LogP contribution in [0.15, 0.2) is 47.5 Å². The third-order valence-electron chi connectivity index (χ3n) is 4.84. The second-order valence-corrected chi connectivity index (χ2v) is 7.42. The van der Waals surface area contributed by atoms with Gasteiger partial charge in [0.25, 0.3) is 5.91 Å². The summed E-state index contributed by atoms with van der Waals surface area (Å²) in [5.41, 5.74) is 2.83. The van der Waals surface area contributed by atoms with Crippen LogP contribution in [0.1, 0.15) is 28.4 Å². The molecule has 0 unspecified atom stereocenters. The Bertz CT molecular complexity index is 896. The molecular weight excluding hydrogens is 392 g/mol. The van der Waals surface area contributed by atoms with Crippen LogP contribution in [0.5, 0.6) is 11.5 Å². The molecule has 168 valence electrons. The van der Waals surface area contributed by atoms with Crippen molar-refractivity contribution >= 4 is 11.9 Å². The van der Waals surface area contributed by atoms with E-state index in [4.69, 9.17) is 14.5 Å². The Labute approximate surface area is 185 Å². The third kappa shape index (κ3) is 6.91. The monoisotopic (exact) mass is 426 g/mol. The van der Waals surface area contributed by atoms with Crippen LogP contribution in [0.3, 0.4) is 0 Å². The second-order valence-electron chi connectivity index (χ2n) is 7.42. The lowest BCUT2D eigenvalue weighted by molar-refractivity contribution is 0.0827. The number of methoxy groups -OCH3 is 2. The molecule has 1 N–H and O–H groups in total. The number of rotatable bonds is 9. The van der Waals surface area contributed by atoms with E-state index in [1.807, 2.05) is 56.4 Å². The molecule has 0 atom stereocenters. The summed E-state index contributed by atoms with van der Waals surface area (Å²) in [7, 11) is 8.82. The summed E-state index contributed by atoms with van der Waals surface area (Å²) < 4.78 is 10.8. The molecule has 7 nitrogen and oxygen atoms in total. The number of nitrogens with zero attached hydrogens (tertiary/aromatic N) is 3. The molecule has 2 rings (SSSR count). The number of nitrogens with one attached hydrogen (secondary N) is 1. The smallest absolute Gasteiger partial charge is 0.253 e. The Morgan fingerprint density at radius 3 is 2.48 bits per heavy atom. The number of ether oxygens (including phenoxy) is 2. The van der Waals surface area contributed by atoms with Gasteiger partial charge in [-0.15, -0.1) is 0 Å². The lowest BCUT2D eigenvalue weighted by atomic mass is 10.1. The van der Waals surface area contributed by atoms with E-state index in [0.29, 0.717) is 18.7 Å². The van der Waals surface area contributed by atoms with Gasteiger partial charge in [0.05, 0.1) is 14.2 Å². The van der Waals surface area contributed by atoms with Gasteiger partial charge >= 0.3 is 0 Å². The molecule has 0 radical (unpaired) electrons. The topological polar surface area (TPSA) is 66.4 Å². The zero-order chi connectivity index (χ0) is 22.8. The number of aliphatic imine (C=N–C) groups is 1. The Balaban J connectivity index is 2.08. The minimum Gasteiger partial charge on any atom is -0.497 e. The van der Waals surface area contributed by atoms with Crippen molar-refractivity contribution in [2.45, 2.75) is 19.9 Å². The van der Waals surface area contributed by atoms with Crippen LogP contribution in [0.25, 0.3) is 0 Å². The summed E-state index contributed by atoms with van der Waals surface area (Å²) >= 11 is 0. The van der Waals surface area contributed by atoms with Gasteiger partial charge in [0, 0.05) is 58.0 Å². The van der Waals surface area contributed by atoms with Gasteiger partial charge in [0.15, 0.2) is 5.96 Å². The maximum atomic E-state index is 12.2. The highest BCUT2D eigenvalue weighted by molar-refractivity contribution is 5.94. The molecular formula is C24H34N4O3. The molecule has 0 aromatic heterocycles. The zero-order valence-corrected chi connectivity index (χ0v) is 19.4. The molecule has 0 aliphatic rings. The Hall–Kier alpha value is -3.22. The number of hydrogen-bond acceptors (Lipinski definition) is 4. The van der Waals surface area contributed by atoms with Crippen LogP contribution in [0.4, 0.5) is 0 Å². The molecule has 0 spiro atoms. The molecule has 31 heavy (non-hydrogen) atoms. The average Bonchev–Trinajstić information content (AvgIpc) is 2.78. The van der Waals surface area contributed by atoms with Crippen molar-refractivity contribution < 1.29 is 14.3 Å². The Kier molecular flexibility index (Phi) is 9.18. The second kappa shape index (κ2) is 11.8. The lowest BCUT2D eigenvalue weighted by Crippen LogP contribution is -2.38. The van der Waals surface area contributed by atoms with Crippen molar-refractivity contribution in [3.8, 4) is 11.5 Å². The largest absolute Gasteiger partial charge is 0.497 e. The van der Waals surface area contributed by atoms with Gasteiger partial charge in [0.2, 0.25) is 0 Å². The molecule has 0 bridgehead atoms. The van der Waals surface area contributed by atoms with Crippen LogP contribution in [-0.4, -0.2) is 70.1 Å². The highest BCUT2D eigenvalue weighted by Gasteiger charge is 2.12.